The van der Waals surface area contributed by atoms with Crippen LogP contribution in [-0.2, 0) is 6.54 Å². The van der Waals surface area contributed by atoms with Gasteiger partial charge in [-0.1, -0.05) is 18.2 Å². The van der Waals surface area contributed by atoms with E-state index in [2.05, 4.69) is 0 Å². The molecular formula is C12H16F3N. The van der Waals surface area contributed by atoms with Gasteiger partial charge in [0.1, 0.15) is 0 Å². The zero-order valence-corrected chi connectivity index (χ0v) is 9.73. The van der Waals surface area contributed by atoms with Crippen molar-refractivity contribution in [3.05, 3.63) is 34.9 Å². The van der Waals surface area contributed by atoms with Gasteiger partial charge in [-0.3, -0.25) is 4.90 Å². The van der Waals surface area contributed by atoms with E-state index < -0.39 is 12.7 Å². The van der Waals surface area contributed by atoms with Gasteiger partial charge in [-0.15, -0.1) is 0 Å². The van der Waals surface area contributed by atoms with Gasteiger partial charge < -0.3 is 0 Å². The van der Waals surface area contributed by atoms with Crippen LogP contribution in [0.25, 0.3) is 0 Å². The molecule has 1 aromatic carbocycles. The van der Waals surface area contributed by atoms with Crippen LogP contribution in [0.1, 0.15) is 16.7 Å². The minimum Gasteiger partial charge on any atom is -0.294 e. The summed E-state index contributed by atoms with van der Waals surface area (Å²) in [5, 5.41) is 0. The molecule has 0 aliphatic carbocycles. The minimum atomic E-state index is -4.13. The fraction of sp³-hybridized carbons (Fsp3) is 0.500. The largest absolute Gasteiger partial charge is 0.401 e. The van der Waals surface area contributed by atoms with Crippen molar-refractivity contribution in [2.24, 2.45) is 0 Å². The maximum Gasteiger partial charge on any atom is 0.401 e. The van der Waals surface area contributed by atoms with Crippen molar-refractivity contribution in [3.63, 3.8) is 0 Å². The van der Waals surface area contributed by atoms with E-state index >= 15 is 0 Å². The molecule has 0 fully saturated rings. The van der Waals surface area contributed by atoms with Gasteiger partial charge >= 0.3 is 6.18 Å². The quantitative estimate of drug-likeness (QED) is 0.771. The molecule has 0 saturated carbocycles. The highest BCUT2D eigenvalue weighted by Crippen LogP contribution is 2.17. The second-order valence-corrected chi connectivity index (χ2v) is 4.21. The Balaban J connectivity index is 2.63. The molecule has 0 aliphatic heterocycles. The second kappa shape index (κ2) is 4.87. The molecule has 90 valence electrons. The van der Waals surface area contributed by atoms with Crippen LogP contribution < -0.4 is 0 Å². The van der Waals surface area contributed by atoms with E-state index in [9.17, 15) is 13.2 Å². The zero-order valence-electron chi connectivity index (χ0n) is 9.73. The highest BCUT2D eigenvalue weighted by atomic mass is 19.4. The Labute approximate surface area is 93.9 Å². The Kier molecular flexibility index (Phi) is 3.97. The first-order chi connectivity index (χ1) is 7.28. The predicted octanol–water partition coefficient (Wildman–Crippen LogP) is 3.30. The van der Waals surface area contributed by atoms with E-state index in [0.717, 1.165) is 16.7 Å². The van der Waals surface area contributed by atoms with Crippen LogP contribution in [-0.4, -0.2) is 24.7 Å². The van der Waals surface area contributed by atoms with Crippen molar-refractivity contribution < 1.29 is 13.2 Å². The van der Waals surface area contributed by atoms with Gasteiger partial charge in [0.25, 0.3) is 0 Å². The smallest absolute Gasteiger partial charge is 0.294 e. The van der Waals surface area contributed by atoms with Gasteiger partial charge in [-0.25, -0.2) is 0 Å². The molecule has 0 bridgehead atoms. The molecule has 0 spiro atoms. The minimum absolute atomic E-state index is 0.320. The summed E-state index contributed by atoms with van der Waals surface area (Å²) in [6.45, 7) is 3.39. The Morgan fingerprint density at radius 2 is 1.75 bits per heavy atom. The molecule has 0 heterocycles. The number of aryl methyl sites for hydroxylation is 2. The third-order valence-electron chi connectivity index (χ3n) is 2.47. The maximum atomic E-state index is 12.1. The second-order valence-electron chi connectivity index (χ2n) is 4.21. The first-order valence-corrected chi connectivity index (χ1v) is 5.09. The number of hydrogen-bond donors (Lipinski definition) is 0. The van der Waals surface area contributed by atoms with Gasteiger partial charge in [0.15, 0.2) is 0 Å². The summed E-state index contributed by atoms with van der Waals surface area (Å²) >= 11 is 0. The third kappa shape index (κ3) is 4.23. The van der Waals surface area contributed by atoms with Crippen LogP contribution in [0.2, 0.25) is 0 Å². The SMILES string of the molecule is Cc1ccc(CN(C)CC(F)(F)F)cc1C. The molecule has 16 heavy (non-hydrogen) atoms. The Morgan fingerprint density at radius 3 is 2.25 bits per heavy atom. The first-order valence-electron chi connectivity index (χ1n) is 5.09. The molecule has 1 rings (SSSR count). The van der Waals surface area contributed by atoms with E-state index in [1.165, 1.54) is 11.9 Å². The summed E-state index contributed by atoms with van der Waals surface area (Å²) in [7, 11) is 1.47. The van der Waals surface area contributed by atoms with Crippen LogP contribution in [0.5, 0.6) is 0 Å². The molecule has 4 heteroatoms. The molecule has 0 aliphatic rings. The first kappa shape index (κ1) is 13.0. The number of nitrogens with zero attached hydrogens (tertiary/aromatic N) is 1. The lowest BCUT2D eigenvalue weighted by molar-refractivity contribution is -0.144. The molecule has 0 aromatic heterocycles. The van der Waals surface area contributed by atoms with Gasteiger partial charge in [0, 0.05) is 6.54 Å². The van der Waals surface area contributed by atoms with Crippen LogP contribution in [0.15, 0.2) is 18.2 Å². The number of benzene rings is 1. The molecule has 1 aromatic rings. The Hall–Kier alpha value is -1.03. The van der Waals surface area contributed by atoms with E-state index in [-0.39, 0.29) is 0 Å². The Morgan fingerprint density at radius 1 is 1.12 bits per heavy atom. The fourth-order valence-corrected chi connectivity index (χ4v) is 1.58. The number of rotatable bonds is 3. The molecule has 0 radical (unpaired) electrons. The lowest BCUT2D eigenvalue weighted by Crippen LogP contribution is -2.30. The summed E-state index contributed by atoms with van der Waals surface area (Å²) in [5.74, 6) is 0. The van der Waals surface area contributed by atoms with E-state index in [1.807, 2.05) is 32.0 Å². The molecule has 0 atom stereocenters. The van der Waals surface area contributed by atoms with Crippen molar-refractivity contribution in [2.75, 3.05) is 13.6 Å². The van der Waals surface area contributed by atoms with Crippen molar-refractivity contribution in [3.8, 4) is 0 Å². The summed E-state index contributed by atoms with van der Waals surface area (Å²) < 4.78 is 36.3. The van der Waals surface area contributed by atoms with Crippen molar-refractivity contribution in [2.45, 2.75) is 26.6 Å². The van der Waals surface area contributed by atoms with Crippen LogP contribution >= 0.6 is 0 Å². The summed E-state index contributed by atoms with van der Waals surface area (Å²) in [6, 6.07) is 5.74. The third-order valence-corrected chi connectivity index (χ3v) is 2.47. The number of alkyl halides is 3. The fourth-order valence-electron chi connectivity index (χ4n) is 1.58. The molecule has 0 saturated heterocycles. The predicted molar refractivity (Wildman–Crippen MR) is 58.3 cm³/mol. The van der Waals surface area contributed by atoms with E-state index in [1.54, 1.807) is 0 Å². The number of halogens is 3. The maximum absolute atomic E-state index is 12.1. The molecule has 0 N–H and O–H groups in total. The molecule has 1 nitrogen and oxygen atoms in total. The Bertz CT molecular complexity index is 358. The van der Waals surface area contributed by atoms with Crippen LogP contribution in [0.4, 0.5) is 13.2 Å². The van der Waals surface area contributed by atoms with Crippen molar-refractivity contribution in [1.82, 2.24) is 4.90 Å². The average molecular weight is 231 g/mol. The van der Waals surface area contributed by atoms with Crippen molar-refractivity contribution >= 4 is 0 Å². The summed E-state index contributed by atoms with van der Waals surface area (Å²) in [5.41, 5.74) is 3.18. The monoisotopic (exact) mass is 231 g/mol. The zero-order chi connectivity index (χ0) is 12.3. The summed E-state index contributed by atoms with van der Waals surface area (Å²) in [6.07, 6.45) is -4.13. The van der Waals surface area contributed by atoms with E-state index in [4.69, 9.17) is 0 Å². The molecule has 0 amide bonds. The molecule has 0 unspecified atom stereocenters. The lowest BCUT2D eigenvalue weighted by atomic mass is 10.1. The molecular weight excluding hydrogens is 215 g/mol. The van der Waals surface area contributed by atoms with Crippen LogP contribution in [0.3, 0.4) is 0 Å². The lowest BCUT2D eigenvalue weighted by Gasteiger charge is -2.18. The van der Waals surface area contributed by atoms with Gasteiger partial charge in [-0.2, -0.15) is 13.2 Å². The normalized spacial score (nSPS) is 12.2. The highest BCUT2D eigenvalue weighted by molar-refractivity contribution is 5.29. The summed E-state index contributed by atoms with van der Waals surface area (Å²) in [4.78, 5) is 1.27. The van der Waals surface area contributed by atoms with Crippen molar-refractivity contribution in [1.29, 1.82) is 0 Å². The van der Waals surface area contributed by atoms with Gasteiger partial charge in [-0.05, 0) is 37.6 Å². The number of hydrogen-bond acceptors (Lipinski definition) is 1. The average Bonchev–Trinajstić information content (AvgIpc) is 2.08. The van der Waals surface area contributed by atoms with Crippen LogP contribution in [0, 0.1) is 13.8 Å². The van der Waals surface area contributed by atoms with E-state index in [0.29, 0.717) is 6.54 Å². The van der Waals surface area contributed by atoms with Gasteiger partial charge in [0.2, 0.25) is 0 Å². The highest BCUT2D eigenvalue weighted by Gasteiger charge is 2.28. The standard InChI is InChI=1S/C12H16F3N/c1-9-4-5-11(6-10(9)2)7-16(3)8-12(13,14)15/h4-6H,7-8H2,1-3H3. The topological polar surface area (TPSA) is 3.24 Å². The van der Waals surface area contributed by atoms with Gasteiger partial charge in [0.05, 0.1) is 6.54 Å².